The van der Waals surface area contributed by atoms with Gasteiger partial charge in [-0.15, -0.1) is 6.58 Å². The zero-order valence-corrected chi connectivity index (χ0v) is 11.4. The smallest absolute Gasteiger partial charge is 0.325 e. The van der Waals surface area contributed by atoms with E-state index in [1.54, 1.807) is 12.4 Å². The minimum Gasteiger partial charge on any atom is -0.430 e. The maximum atomic E-state index is 5.26. The molecule has 7 heteroatoms. The van der Waals surface area contributed by atoms with E-state index in [0.29, 0.717) is 12.2 Å². The van der Waals surface area contributed by atoms with E-state index >= 15 is 0 Å². The molecule has 2 rings (SSSR count). The lowest BCUT2D eigenvalue weighted by atomic mass is 10.1. The van der Waals surface area contributed by atoms with E-state index < -0.39 is 0 Å². The van der Waals surface area contributed by atoms with Crippen LogP contribution in [0.15, 0.2) is 57.6 Å². The molecule has 1 aromatic carbocycles. The number of hydrogen-bond acceptors (Lipinski definition) is 4. The maximum Gasteiger partial charge on any atom is 0.325 e. The highest BCUT2D eigenvalue weighted by molar-refractivity contribution is 5.78. The number of aliphatic imine (C=N–C) groups is 2. The molecule has 0 radical (unpaired) electrons. The molecule has 0 aliphatic rings. The lowest BCUT2D eigenvalue weighted by molar-refractivity contribution is 0.570. The minimum absolute atomic E-state index is 0.0956. The Kier molecular flexibility index (Phi) is 4.70. The normalized spacial score (nSPS) is 10.5. The number of rotatable bonds is 6. The molecule has 5 N–H and O–H groups in total. The van der Waals surface area contributed by atoms with Crippen LogP contribution in [0.4, 0.5) is 11.7 Å². The number of guanidine groups is 1. The second kappa shape index (κ2) is 6.90. The number of anilines is 1. The van der Waals surface area contributed by atoms with Gasteiger partial charge in [-0.1, -0.05) is 18.2 Å². The Morgan fingerprint density at radius 2 is 2.10 bits per heavy atom. The summed E-state index contributed by atoms with van der Waals surface area (Å²) in [4.78, 5) is 12.0. The molecule has 0 bridgehead atoms. The van der Waals surface area contributed by atoms with E-state index in [1.165, 1.54) is 6.26 Å². The van der Waals surface area contributed by atoms with Gasteiger partial charge in [0.2, 0.25) is 0 Å². The number of hydrogen-bond donors (Lipinski definition) is 3. The van der Waals surface area contributed by atoms with Crippen molar-refractivity contribution in [3.63, 3.8) is 0 Å². The fraction of sp³-hybridized carbons (Fsp3) is 0.0714. The quantitative estimate of drug-likeness (QED) is 0.425. The number of nitrogens with zero attached hydrogens (tertiary/aromatic N) is 3. The molecule has 2 aromatic rings. The van der Waals surface area contributed by atoms with Crippen LogP contribution in [0.5, 0.6) is 0 Å². The molecule has 0 unspecified atom stereocenters. The Morgan fingerprint density at radius 1 is 1.33 bits per heavy atom. The number of benzene rings is 1. The minimum atomic E-state index is -0.0956. The third-order valence-corrected chi connectivity index (χ3v) is 2.45. The zero-order chi connectivity index (χ0) is 15.1. The Balaban J connectivity index is 2.06. The largest absolute Gasteiger partial charge is 0.430 e. The third-order valence-electron chi connectivity index (χ3n) is 2.45. The van der Waals surface area contributed by atoms with Gasteiger partial charge in [-0.2, -0.15) is 9.98 Å². The fourth-order valence-corrected chi connectivity index (χ4v) is 1.54. The van der Waals surface area contributed by atoms with Crippen LogP contribution >= 0.6 is 0 Å². The first-order valence-corrected chi connectivity index (χ1v) is 6.20. The first-order valence-electron chi connectivity index (χ1n) is 6.20. The molecule has 1 heterocycles. The highest BCUT2D eigenvalue weighted by Crippen LogP contribution is 2.23. The molecule has 0 fully saturated rings. The fourth-order valence-electron chi connectivity index (χ4n) is 1.54. The second-order valence-corrected chi connectivity index (χ2v) is 4.06. The van der Waals surface area contributed by atoms with Crippen LogP contribution in [0.25, 0.3) is 11.3 Å². The van der Waals surface area contributed by atoms with Gasteiger partial charge < -0.3 is 21.2 Å². The van der Waals surface area contributed by atoms with E-state index in [4.69, 9.17) is 15.9 Å². The van der Waals surface area contributed by atoms with Crippen molar-refractivity contribution in [1.82, 2.24) is 4.98 Å². The molecule has 0 saturated heterocycles. The van der Waals surface area contributed by atoms with Gasteiger partial charge in [0.15, 0.2) is 5.96 Å². The summed E-state index contributed by atoms with van der Waals surface area (Å²) in [6, 6.07) is 7.75. The van der Waals surface area contributed by atoms with Gasteiger partial charge in [0, 0.05) is 11.3 Å². The van der Waals surface area contributed by atoms with Crippen LogP contribution in [0.3, 0.4) is 0 Å². The molecule has 0 aliphatic carbocycles. The summed E-state index contributed by atoms with van der Waals surface area (Å²) in [6.45, 7) is 4.17. The standard InChI is InChI=1S/C14H16N6O/c1-2-7-17-9-18-11-5-3-10(4-6-11)12-8-21-14(19-12)20-13(15)16/h2-6,8-9H,1,7H2,(H,17,18)(H4,15,16,19,20). The van der Waals surface area contributed by atoms with E-state index in [1.807, 2.05) is 24.3 Å². The number of aromatic nitrogens is 1. The molecular formula is C14H16N6O. The van der Waals surface area contributed by atoms with Crippen molar-refractivity contribution in [2.24, 2.45) is 21.5 Å². The lowest BCUT2D eigenvalue weighted by Crippen LogP contribution is -2.21. The van der Waals surface area contributed by atoms with Crippen molar-refractivity contribution in [2.75, 3.05) is 11.9 Å². The lowest BCUT2D eigenvalue weighted by Gasteiger charge is -2.01. The SMILES string of the molecule is C=CCN=CNc1ccc(-c2coc(N=C(N)N)n2)cc1. The summed E-state index contributed by atoms with van der Waals surface area (Å²) in [7, 11) is 0. The van der Waals surface area contributed by atoms with Crippen molar-refractivity contribution in [3.05, 3.63) is 43.2 Å². The Labute approximate surface area is 122 Å². The Bertz CT molecular complexity index is 652. The summed E-state index contributed by atoms with van der Waals surface area (Å²) >= 11 is 0. The average Bonchev–Trinajstić information content (AvgIpc) is 2.92. The predicted molar refractivity (Wildman–Crippen MR) is 84.6 cm³/mol. The highest BCUT2D eigenvalue weighted by Gasteiger charge is 2.05. The van der Waals surface area contributed by atoms with Crippen LogP contribution in [0.1, 0.15) is 0 Å². The van der Waals surface area contributed by atoms with E-state index in [9.17, 15) is 0 Å². The van der Waals surface area contributed by atoms with Crippen molar-refractivity contribution in [2.45, 2.75) is 0 Å². The van der Waals surface area contributed by atoms with Crippen LogP contribution in [0.2, 0.25) is 0 Å². The van der Waals surface area contributed by atoms with E-state index in [0.717, 1.165) is 11.3 Å². The number of nitrogens with two attached hydrogens (primary N) is 2. The summed E-state index contributed by atoms with van der Waals surface area (Å²) in [5.74, 6) is -0.0956. The molecule has 21 heavy (non-hydrogen) atoms. The van der Waals surface area contributed by atoms with Gasteiger partial charge in [-0.3, -0.25) is 4.99 Å². The van der Waals surface area contributed by atoms with Gasteiger partial charge >= 0.3 is 6.01 Å². The van der Waals surface area contributed by atoms with Gasteiger partial charge in [-0.25, -0.2) is 0 Å². The predicted octanol–water partition coefficient (Wildman–Crippen LogP) is 1.87. The Morgan fingerprint density at radius 3 is 2.76 bits per heavy atom. The van der Waals surface area contributed by atoms with Gasteiger partial charge in [0.05, 0.1) is 12.9 Å². The zero-order valence-electron chi connectivity index (χ0n) is 11.4. The maximum absolute atomic E-state index is 5.26. The molecule has 0 saturated carbocycles. The van der Waals surface area contributed by atoms with Gasteiger partial charge in [-0.05, 0) is 12.1 Å². The monoisotopic (exact) mass is 284 g/mol. The van der Waals surface area contributed by atoms with Crippen molar-refractivity contribution in [1.29, 1.82) is 0 Å². The van der Waals surface area contributed by atoms with Crippen molar-refractivity contribution < 1.29 is 4.42 Å². The number of oxazole rings is 1. The third kappa shape index (κ3) is 4.20. The van der Waals surface area contributed by atoms with Crippen LogP contribution in [-0.2, 0) is 0 Å². The highest BCUT2D eigenvalue weighted by atomic mass is 16.4. The van der Waals surface area contributed by atoms with Crippen molar-refractivity contribution in [3.8, 4) is 11.3 Å². The number of nitrogens with one attached hydrogen (secondary N) is 1. The second-order valence-electron chi connectivity index (χ2n) is 4.06. The molecule has 108 valence electrons. The molecule has 1 aromatic heterocycles. The van der Waals surface area contributed by atoms with E-state index in [-0.39, 0.29) is 12.0 Å². The molecule has 0 aliphatic heterocycles. The van der Waals surface area contributed by atoms with Crippen LogP contribution in [0, 0.1) is 0 Å². The summed E-state index contributed by atoms with van der Waals surface area (Å²) in [6.07, 6.45) is 4.85. The molecule has 0 atom stereocenters. The van der Waals surface area contributed by atoms with E-state index in [2.05, 4.69) is 26.9 Å². The average molecular weight is 284 g/mol. The van der Waals surface area contributed by atoms with Gasteiger partial charge in [0.1, 0.15) is 12.0 Å². The van der Waals surface area contributed by atoms with Gasteiger partial charge in [0.25, 0.3) is 0 Å². The first kappa shape index (κ1) is 14.3. The summed E-state index contributed by atoms with van der Waals surface area (Å²) < 4.78 is 5.15. The summed E-state index contributed by atoms with van der Waals surface area (Å²) in [5, 5.41) is 3.05. The molecule has 0 amide bonds. The molecular weight excluding hydrogens is 268 g/mol. The summed E-state index contributed by atoms with van der Waals surface area (Å²) in [5.41, 5.74) is 13.0. The topological polar surface area (TPSA) is 115 Å². The molecule has 7 nitrogen and oxygen atoms in total. The molecule has 0 spiro atoms. The van der Waals surface area contributed by atoms with Crippen molar-refractivity contribution >= 4 is 24.0 Å². The van der Waals surface area contributed by atoms with Crippen LogP contribution in [-0.4, -0.2) is 23.8 Å². The van der Waals surface area contributed by atoms with Crippen LogP contribution < -0.4 is 16.8 Å². The first-order chi connectivity index (χ1) is 10.2. The Hall–Kier alpha value is -3.09.